The van der Waals surface area contributed by atoms with E-state index < -0.39 is 5.92 Å². The lowest BCUT2D eigenvalue weighted by atomic mass is 10.00. The predicted molar refractivity (Wildman–Crippen MR) is 98.7 cm³/mol. The zero-order chi connectivity index (χ0) is 18.3. The molecule has 2 aromatic rings. The van der Waals surface area contributed by atoms with Gasteiger partial charge in [0.15, 0.2) is 11.6 Å². The summed E-state index contributed by atoms with van der Waals surface area (Å²) in [6.07, 6.45) is 0.375. The maximum atomic E-state index is 12.7. The number of para-hydroxylation sites is 1. The van der Waals surface area contributed by atoms with Crippen LogP contribution in [0.4, 0.5) is 10.5 Å². The molecule has 2 aliphatic rings. The molecule has 1 aliphatic heterocycles. The van der Waals surface area contributed by atoms with Crippen LogP contribution in [-0.4, -0.2) is 42.1 Å². The second-order valence-electron chi connectivity index (χ2n) is 6.82. The Labute approximate surface area is 152 Å². The van der Waals surface area contributed by atoms with E-state index in [-0.39, 0.29) is 17.6 Å². The number of aryl methyl sites for hydroxylation is 1. The van der Waals surface area contributed by atoms with E-state index >= 15 is 0 Å². The minimum atomic E-state index is -0.660. The molecule has 2 aromatic carbocycles. The third-order valence-corrected chi connectivity index (χ3v) is 5.28. The van der Waals surface area contributed by atoms with Crippen molar-refractivity contribution in [1.29, 1.82) is 0 Å². The standard InChI is InChI=1S/C21H20N2O3/c1-14-6-2-5-9-18(14)23-13-12-22(21(23)26)11-10-17-19(24)15-7-3-4-8-16(15)20(17)25/h2-9,17H,10-13H2,1H3. The zero-order valence-corrected chi connectivity index (χ0v) is 14.6. The first-order valence-corrected chi connectivity index (χ1v) is 8.87. The summed E-state index contributed by atoms with van der Waals surface area (Å²) >= 11 is 0. The number of Topliss-reactive ketones (excluding diaryl/α,β-unsaturated/α-hetero) is 2. The van der Waals surface area contributed by atoms with Gasteiger partial charge in [0.25, 0.3) is 0 Å². The highest BCUT2D eigenvalue weighted by Gasteiger charge is 2.39. The topological polar surface area (TPSA) is 57.7 Å². The molecule has 1 fully saturated rings. The first kappa shape index (κ1) is 16.5. The minimum absolute atomic E-state index is 0.0605. The van der Waals surface area contributed by atoms with Gasteiger partial charge in [0.05, 0.1) is 5.92 Å². The van der Waals surface area contributed by atoms with Crippen molar-refractivity contribution in [2.75, 3.05) is 24.5 Å². The number of carbonyl (C=O) groups is 3. The fourth-order valence-electron chi connectivity index (χ4n) is 3.83. The number of nitrogens with zero attached hydrogens (tertiary/aromatic N) is 2. The maximum absolute atomic E-state index is 12.7. The van der Waals surface area contributed by atoms with Crippen molar-refractivity contribution < 1.29 is 14.4 Å². The van der Waals surface area contributed by atoms with Crippen molar-refractivity contribution in [3.63, 3.8) is 0 Å². The maximum Gasteiger partial charge on any atom is 0.324 e. The van der Waals surface area contributed by atoms with Gasteiger partial charge in [-0.2, -0.15) is 0 Å². The fraction of sp³-hybridized carbons (Fsp3) is 0.286. The molecule has 0 aromatic heterocycles. The van der Waals surface area contributed by atoms with Gasteiger partial charge in [0.1, 0.15) is 0 Å². The van der Waals surface area contributed by atoms with Gasteiger partial charge in [-0.25, -0.2) is 4.79 Å². The summed E-state index contributed by atoms with van der Waals surface area (Å²) < 4.78 is 0. The Balaban J connectivity index is 1.44. The third kappa shape index (κ3) is 2.60. The number of anilines is 1. The number of rotatable bonds is 4. The molecule has 0 bridgehead atoms. The van der Waals surface area contributed by atoms with E-state index in [0.717, 1.165) is 11.3 Å². The molecule has 1 saturated heterocycles. The van der Waals surface area contributed by atoms with E-state index in [4.69, 9.17) is 0 Å². The van der Waals surface area contributed by atoms with Crippen LogP contribution in [0.1, 0.15) is 32.7 Å². The number of ketones is 2. The highest BCUT2D eigenvalue weighted by molar-refractivity contribution is 6.26. The monoisotopic (exact) mass is 348 g/mol. The van der Waals surface area contributed by atoms with E-state index in [1.807, 2.05) is 31.2 Å². The number of carbonyl (C=O) groups excluding carboxylic acids is 3. The van der Waals surface area contributed by atoms with Crippen LogP contribution in [-0.2, 0) is 0 Å². The van der Waals surface area contributed by atoms with E-state index in [1.54, 1.807) is 34.1 Å². The quantitative estimate of drug-likeness (QED) is 0.797. The van der Waals surface area contributed by atoms with Crippen LogP contribution in [0.3, 0.4) is 0 Å². The van der Waals surface area contributed by atoms with Crippen LogP contribution in [0.5, 0.6) is 0 Å². The molecular weight excluding hydrogens is 328 g/mol. The fourth-order valence-corrected chi connectivity index (χ4v) is 3.83. The third-order valence-electron chi connectivity index (χ3n) is 5.28. The molecule has 1 aliphatic carbocycles. The van der Waals surface area contributed by atoms with Crippen molar-refractivity contribution in [3.05, 3.63) is 65.2 Å². The molecule has 0 atom stereocenters. The van der Waals surface area contributed by atoms with Crippen molar-refractivity contribution in [2.45, 2.75) is 13.3 Å². The van der Waals surface area contributed by atoms with E-state index in [2.05, 4.69) is 0 Å². The lowest BCUT2D eigenvalue weighted by Gasteiger charge is -2.20. The average Bonchev–Trinajstić information content (AvgIpc) is 3.13. The molecule has 0 saturated carbocycles. The Morgan fingerprint density at radius 2 is 1.50 bits per heavy atom. The number of amides is 2. The normalized spacial score (nSPS) is 17.3. The summed E-state index contributed by atoms with van der Waals surface area (Å²) in [5.74, 6) is -0.895. The smallest absolute Gasteiger partial charge is 0.323 e. The Hall–Kier alpha value is -2.95. The Morgan fingerprint density at radius 1 is 0.885 bits per heavy atom. The van der Waals surface area contributed by atoms with Gasteiger partial charge in [0.2, 0.25) is 0 Å². The van der Waals surface area contributed by atoms with Crippen molar-refractivity contribution in [3.8, 4) is 0 Å². The van der Waals surface area contributed by atoms with Gasteiger partial charge in [-0.15, -0.1) is 0 Å². The second kappa shape index (κ2) is 6.41. The first-order valence-electron chi connectivity index (χ1n) is 8.87. The number of benzene rings is 2. The number of urea groups is 1. The lowest BCUT2D eigenvalue weighted by molar-refractivity contribution is 0.0823. The Morgan fingerprint density at radius 3 is 2.15 bits per heavy atom. The van der Waals surface area contributed by atoms with Crippen molar-refractivity contribution in [1.82, 2.24) is 4.90 Å². The minimum Gasteiger partial charge on any atom is -0.323 e. The molecule has 5 nitrogen and oxygen atoms in total. The summed E-state index contributed by atoms with van der Waals surface area (Å²) in [6.45, 7) is 3.63. The molecule has 5 heteroatoms. The van der Waals surface area contributed by atoms with Gasteiger partial charge < -0.3 is 4.90 Å². The van der Waals surface area contributed by atoms with Crippen LogP contribution >= 0.6 is 0 Å². The van der Waals surface area contributed by atoms with Crippen LogP contribution in [0.25, 0.3) is 0 Å². The molecule has 0 unspecified atom stereocenters. The van der Waals surface area contributed by atoms with Gasteiger partial charge >= 0.3 is 6.03 Å². The van der Waals surface area contributed by atoms with Crippen LogP contribution in [0.15, 0.2) is 48.5 Å². The molecule has 2 amide bonds. The SMILES string of the molecule is Cc1ccccc1N1CCN(CCC2C(=O)c3ccccc3C2=O)C1=O. The predicted octanol–water partition coefficient (Wildman–Crippen LogP) is 3.32. The number of hydrogen-bond donors (Lipinski definition) is 0. The molecule has 4 rings (SSSR count). The van der Waals surface area contributed by atoms with E-state index in [0.29, 0.717) is 37.2 Å². The van der Waals surface area contributed by atoms with E-state index in [9.17, 15) is 14.4 Å². The summed E-state index contributed by atoms with van der Waals surface area (Å²) in [7, 11) is 0. The molecule has 0 spiro atoms. The Bertz CT molecular complexity index is 871. The zero-order valence-electron chi connectivity index (χ0n) is 14.6. The highest BCUT2D eigenvalue weighted by Crippen LogP contribution is 2.30. The second-order valence-corrected chi connectivity index (χ2v) is 6.82. The van der Waals surface area contributed by atoms with Gasteiger partial charge in [-0.05, 0) is 25.0 Å². The average molecular weight is 348 g/mol. The summed E-state index contributed by atoms with van der Waals surface area (Å²) in [6, 6.07) is 14.7. The molecule has 0 N–H and O–H groups in total. The highest BCUT2D eigenvalue weighted by atomic mass is 16.2. The van der Waals surface area contributed by atoms with Gasteiger partial charge in [0, 0.05) is 36.4 Å². The Kier molecular flexibility index (Phi) is 4.07. The van der Waals surface area contributed by atoms with Crippen LogP contribution < -0.4 is 4.90 Å². The van der Waals surface area contributed by atoms with Crippen LogP contribution in [0.2, 0.25) is 0 Å². The lowest BCUT2D eigenvalue weighted by Crippen LogP contribution is -2.34. The van der Waals surface area contributed by atoms with E-state index in [1.165, 1.54) is 0 Å². The molecule has 1 heterocycles. The largest absolute Gasteiger partial charge is 0.324 e. The molecule has 132 valence electrons. The van der Waals surface area contributed by atoms with Gasteiger partial charge in [-0.3, -0.25) is 14.5 Å². The van der Waals surface area contributed by atoms with Crippen molar-refractivity contribution >= 4 is 23.3 Å². The molecular formula is C21H20N2O3. The van der Waals surface area contributed by atoms with Gasteiger partial charge in [-0.1, -0.05) is 42.5 Å². The number of hydrogen-bond acceptors (Lipinski definition) is 3. The molecule has 0 radical (unpaired) electrons. The summed E-state index contributed by atoms with van der Waals surface area (Å²) in [5, 5.41) is 0. The number of fused-ring (bicyclic) bond motifs is 1. The van der Waals surface area contributed by atoms with Crippen LogP contribution in [0, 0.1) is 12.8 Å². The molecule has 26 heavy (non-hydrogen) atoms. The summed E-state index contributed by atoms with van der Waals surface area (Å²) in [5.41, 5.74) is 2.99. The first-order chi connectivity index (χ1) is 12.6. The summed E-state index contributed by atoms with van der Waals surface area (Å²) in [4.78, 5) is 41.2. The van der Waals surface area contributed by atoms with Crippen molar-refractivity contribution in [2.24, 2.45) is 5.92 Å².